The molecular formula is C17H27ClN2O3. The molecule has 0 aliphatic carbocycles. The summed E-state index contributed by atoms with van der Waals surface area (Å²) in [5.41, 5.74) is 1.12. The quantitative estimate of drug-likeness (QED) is 0.832. The lowest BCUT2D eigenvalue weighted by atomic mass is 9.96. The van der Waals surface area contributed by atoms with Crippen LogP contribution in [0.15, 0.2) is 18.2 Å². The van der Waals surface area contributed by atoms with Crippen molar-refractivity contribution in [3.05, 3.63) is 23.8 Å². The maximum atomic E-state index is 12.2. The lowest BCUT2D eigenvalue weighted by molar-refractivity contribution is -0.126. The van der Waals surface area contributed by atoms with Gasteiger partial charge in [0.1, 0.15) is 0 Å². The number of halogens is 1. The molecule has 1 aliphatic rings. The van der Waals surface area contributed by atoms with Crippen LogP contribution in [0.4, 0.5) is 0 Å². The fraction of sp³-hybridized carbons (Fsp3) is 0.588. The van der Waals surface area contributed by atoms with Crippen molar-refractivity contribution in [1.82, 2.24) is 10.6 Å². The van der Waals surface area contributed by atoms with E-state index in [4.69, 9.17) is 9.47 Å². The molecule has 0 saturated carbocycles. The molecule has 1 atom stereocenters. The monoisotopic (exact) mass is 342 g/mol. The first-order chi connectivity index (χ1) is 10.6. The summed E-state index contributed by atoms with van der Waals surface area (Å²) < 4.78 is 10.6. The molecule has 1 aromatic rings. The first-order valence-corrected chi connectivity index (χ1v) is 7.86. The SMILES string of the molecule is COc1ccc(CC(C)NC(=O)C2CCNCC2)cc1OC.Cl. The zero-order valence-corrected chi connectivity index (χ0v) is 14.9. The standard InChI is InChI=1S/C17H26N2O3.ClH/c1-12(19-17(20)14-6-8-18-9-7-14)10-13-4-5-15(21-2)16(11-13)22-3;/h4-5,11-12,14,18H,6-10H2,1-3H3,(H,19,20);1H. The second-order valence-electron chi connectivity index (χ2n) is 5.83. The Morgan fingerprint density at radius 1 is 1.26 bits per heavy atom. The van der Waals surface area contributed by atoms with Crippen molar-refractivity contribution in [3.8, 4) is 11.5 Å². The van der Waals surface area contributed by atoms with Gasteiger partial charge < -0.3 is 20.1 Å². The van der Waals surface area contributed by atoms with Crippen molar-refractivity contribution in [2.45, 2.75) is 32.2 Å². The molecular weight excluding hydrogens is 316 g/mol. The van der Waals surface area contributed by atoms with Gasteiger partial charge in [-0.3, -0.25) is 4.79 Å². The first-order valence-electron chi connectivity index (χ1n) is 7.86. The Kier molecular flexibility index (Phi) is 8.20. The molecule has 2 N–H and O–H groups in total. The summed E-state index contributed by atoms with van der Waals surface area (Å²) in [5, 5.41) is 6.41. The van der Waals surface area contributed by atoms with E-state index in [9.17, 15) is 4.79 Å². The van der Waals surface area contributed by atoms with Gasteiger partial charge in [-0.2, -0.15) is 0 Å². The number of nitrogens with one attached hydrogen (secondary N) is 2. The highest BCUT2D eigenvalue weighted by atomic mass is 35.5. The summed E-state index contributed by atoms with van der Waals surface area (Å²) in [6, 6.07) is 5.97. The lowest BCUT2D eigenvalue weighted by Gasteiger charge is -2.24. The van der Waals surface area contributed by atoms with E-state index in [0.29, 0.717) is 0 Å². The van der Waals surface area contributed by atoms with Crippen LogP contribution in [-0.4, -0.2) is 39.3 Å². The summed E-state index contributed by atoms with van der Waals surface area (Å²) >= 11 is 0. The Morgan fingerprint density at radius 3 is 2.52 bits per heavy atom. The van der Waals surface area contributed by atoms with Crippen LogP contribution in [-0.2, 0) is 11.2 Å². The molecule has 0 aromatic heterocycles. The van der Waals surface area contributed by atoms with Gasteiger partial charge in [0.05, 0.1) is 14.2 Å². The molecule has 2 rings (SSSR count). The number of ether oxygens (including phenoxy) is 2. The molecule has 1 amide bonds. The van der Waals surface area contributed by atoms with Crippen molar-refractivity contribution in [1.29, 1.82) is 0 Å². The maximum absolute atomic E-state index is 12.2. The van der Waals surface area contributed by atoms with Gasteiger partial charge in [0.15, 0.2) is 11.5 Å². The second-order valence-corrected chi connectivity index (χ2v) is 5.83. The average molecular weight is 343 g/mol. The third-order valence-corrected chi connectivity index (χ3v) is 4.09. The molecule has 5 nitrogen and oxygen atoms in total. The number of carbonyl (C=O) groups is 1. The van der Waals surface area contributed by atoms with Crippen molar-refractivity contribution >= 4 is 18.3 Å². The number of hydrogen-bond acceptors (Lipinski definition) is 4. The number of methoxy groups -OCH3 is 2. The number of rotatable bonds is 6. The van der Waals surface area contributed by atoms with E-state index in [-0.39, 0.29) is 30.3 Å². The van der Waals surface area contributed by atoms with Crippen molar-refractivity contribution in [3.63, 3.8) is 0 Å². The van der Waals surface area contributed by atoms with Gasteiger partial charge in [0, 0.05) is 12.0 Å². The van der Waals surface area contributed by atoms with Crippen LogP contribution in [0.3, 0.4) is 0 Å². The summed E-state index contributed by atoms with van der Waals surface area (Å²) in [6.07, 6.45) is 2.63. The van der Waals surface area contributed by atoms with Crippen LogP contribution in [0, 0.1) is 5.92 Å². The van der Waals surface area contributed by atoms with Gasteiger partial charge in [-0.1, -0.05) is 6.07 Å². The predicted molar refractivity (Wildman–Crippen MR) is 93.7 cm³/mol. The van der Waals surface area contributed by atoms with E-state index in [1.165, 1.54) is 0 Å². The Labute approximate surface area is 144 Å². The van der Waals surface area contributed by atoms with Crippen molar-refractivity contribution < 1.29 is 14.3 Å². The van der Waals surface area contributed by atoms with Crippen LogP contribution in [0.25, 0.3) is 0 Å². The highest BCUT2D eigenvalue weighted by Crippen LogP contribution is 2.28. The summed E-state index contributed by atoms with van der Waals surface area (Å²) in [6.45, 7) is 3.90. The molecule has 1 unspecified atom stereocenters. The third-order valence-electron chi connectivity index (χ3n) is 4.09. The van der Waals surface area contributed by atoms with E-state index in [1.54, 1.807) is 14.2 Å². The zero-order valence-electron chi connectivity index (χ0n) is 14.1. The zero-order chi connectivity index (χ0) is 15.9. The number of carbonyl (C=O) groups excluding carboxylic acids is 1. The van der Waals surface area contributed by atoms with Crippen LogP contribution >= 0.6 is 12.4 Å². The predicted octanol–water partition coefficient (Wildman–Crippen LogP) is 2.17. The Hall–Kier alpha value is -1.46. The molecule has 0 spiro atoms. The summed E-state index contributed by atoms with van der Waals surface area (Å²) in [4.78, 5) is 12.2. The van der Waals surface area contributed by atoms with E-state index in [0.717, 1.165) is 49.4 Å². The van der Waals surface area contributed by atoms with Gasteiger partial charge in [0.25, 0.3) is 0 Å². The number of piperidine rings is 1. The highest BCUT2D eigenvalue weighted by molar-refractivity contribution is 5.85. The molecule has 6 heteroatoms. The minimum Gasteiger partial charge on any atom is -0.493 e. The average Bonchev–Trinajstić information content (AvgIpc) is 2.55. The normalized spacial score (nSPS) is 16.1. The smallest absolute Gasteiger partial charge is 0.223 e. The Bertz CT molecular complexity index is 505. The minimum absolute atomic E-state index is 0. The maximum Gasteiger partial charge on any atom is 0.223 e. The topological polar surface area (TPSA) is 59.6 Å². The van der Waals surface area contributed by atoms with Gasteiger partial charge in [-0.15, -0.1) is 12.4 Å². The van der Waals surface area contributed by atoms with Crippen molar-refractivity contribution in [2.75, 3.05) is 27.3 Å². The second kappa shape index (κ2) is 9.63. The molecule has 1 aromatic carbocycles. The molecule has 1 saturated heterocycles. The number of benzene rings is 1. The van der Waals surface area contributed by atoms with E-state index < -0.39 is 0 Å². The van der Waals surface area contributed by atoms with Gasteiger partial charge in [-0.25, -0.2) is 0 Å². The van der Waals surface area contributed by atoms with E-state index in [2.05, 4.69) is 10.6 Å². The molecule has 1 fully saturated rings. The lowest BCUT2D eigenvalue weighted by Crippen LogP contribution is -2.42. The van der Waals surface area contributed by atoms with Crippen LogP contribution in [0.1, 0.15) is 25.3 Å². The van der Waals surface area contributed by atoms with Gasteiger partial charge >= 0.3 is 0 Å². The van der Waals surface area contributed by atoms with Gasteiger partial charge in [-0.05, 0) is 57.0 Å². The van der Waals surface area contributed by atoms with Crippen LogP contribution < -0.4 is 20.1 Å². The van der Waals surface area contributed by atoms with Crippen LogP contribution in [0.5, 0.6) is 11.5 Å². The Morgan fingerprint density at radius 2 is 1.91 bits per heavy atom. The molecule has 1 aliphatic heterocycles. The summed E-state index contributed by atoms with van der Waals surface area (Å²) in [5.74, 6) is 1.76. The third kappa shape index (κ3) is 5.59. The minimum atomic E-state index is 0. The molecule has 0 radical (unpaired) electrons. The largest absolute Gasteiger partial charge is 0.493 e. The first kappa shape index (κ1) is 19.6. The van der Waals surface area contributed by atoms with E-state index in [1.807, 2.05) is 25.1 Å². The highest BCUT2D eigenvalue weighted by Gasteiger charge is 2.22. The fourth-order valence-electron chi connectivity index (χ4n) is 2.86. The molecule has 0 bridgehead atoms. The van der Waals surface area contributed by atoms with E-state index >= 15 is 0 Å². The number of hydrogen-bond donors (Lipinski definition) is 2. The molecule has 1 heterocycles. The molecule has 23 heavy (non-hydrogen) atoms. The fourth-order valence-corrected chi connectivity index (χ4v) is 2.86. The Balaban J connectivity index is 0.00000264. The summed E-state index contributed by atoms with van der Waals surface area (Å²) in [7, 11) is 3.25. The van der Waals surface area contributed by atoms with Crippen LogP contribution in [0.2, 0.25) is 0 Å². The molecule has 130 valence electrons. The van der Waals surface area contributed by atoms with Gasteiger partial charge in [0.2, 0.25) is 5.91 Å². The van der Waals surface area contributed by atoms with Crippen molar-refractivity contribution in [2.24, 2.45) is 5.92 Å². The number of amides is 1.